The van der Waals surface area contributed by atoms with Crippen LogP contribution in [0.1, 0.15) is 25.7 Å². The molecule has 0 saturated carbocycles. The molecular formula is C9H19OSi. The smallest absolute Gasteiger partial charge is 0.0695 e. The van der Waals surface area contributed by atoms with Crippen molar-refractivity contribution in [2.24, 2.45) is 0 Å². The van der Waals surface area contributed by atoms with Crippen molar-refractivity contribution in [1.29, 1.82) is 0 Å². The third-order valence-electron chi connectivity index (χ3n) is 2.86. The van der Waals surface area contributed by atoms with E-state index in [0.29, 0.717) is 0 Å². The van der Waals surface area contributed by atoms with E-state index in [2.05, 4.69) is 20.0 Å². The van der Waals surface area contributed by atoms with Crippen molar-refractivity contribution in [2.45, 2.75) is 44.0 Å². The lowest BCUT2D eigenvalue weighted by molar-refractivity contribution is -0.0208. The van der Waals surface area contributed by atoms with E-state index in [1.807, 2.05) is 0 Å². The molecule has 65 valence electrons. The second-order valence-electron chi connectivity index (χ2n) is 3.78. The van der Waals surface area contributed by atoms with Crippen molar-refractivity contribution in [2.75, 3.05) is 6.61 Å². The van der Waals surface area contributed by atoms with Crippen LogP contribution in [-0.4, -0.2) is 20.6 Å². The topological polar surface area (TPSA) is 9.23 Å². The summed E-state index contributed by atoms with van der Waals surface area (Å²) in [6.45, 7) is 9.73. The van der Waals surface area contributed by atoms with E-state index in [1.165, 1.54) is 19.3 Å². The average Bonchev–Trinajstić information content (AvgIpc) is 2.05. The SMILES string of the molecule is [CH2]CC1([SiH](C)C)CCCCO1. The first-order valence-electron chi connectivity index (χ1n) is 4.64. The van der Waals surface area contributed by atoms with Gasteiger partial charge in [-0.1, -0.05) is 20.0 Å². The highest BCUT2D eigenvalue weighted by Gasteiger charge is 2.34. The van der Waals surface area contributed by atoms with Crippen LogP contribution in [0.5, 0.6) is 0 Å². The summed E-state index contributed by atoms with van der Waals surface area (Å²) in [6, 6.07) is 0. The highest BCUT2D eigenvalue weighted by atomic mass is 28.3. The van der Waals surface area contributed by atoms with Gasteiger partial charge in [0.2, 0.25) is 0 Å². The molecule has 0 aliphatic carbocycles. The molecule has 0 bridgehead atoms. The molecule has 11 heavy (non-hydrogen) atoms. The zero-order valence-electron chi connectivity index (χ0n) is 7.73. The lowest BCUT2D eigenvalue weighted by Crippen LogP contribution is -2.46. The van der Waals surface area contributed by atoms with Crippen molar-refractivity contribution in [3.05, 3.63) is 6.92 Å². The van der Waals surface area contributed by atoms with Crippen LogP contribution in [0.3, 0.4) is 0 Å². The highest BCUT2D eigenvalue weighted by molar-refractivity contribution is 6.59. The molecule has 1 unspecified atom stereocenters. The zero-order valence-corrected chi connectivity index (χ0v) is 8.88. The van der Waals surface area contributed by atoms with Crippen LogP contribution < -0.4 is 0 Å². The highest BCUT2D eigenvalue weighted by Crippen LogP contribution is 2.30. The van der Waals surface area contributed by atoms with Gasteiger partial charge in [0.1, 0.15) is 0 Å². The van der Waals surface area contributed by atoms with E-state index < -0.39 is 8.80 Å². The molecule has 0 aromatic heterocycles. The Morgan fingerprint density at radius 2 is 2.18 bits per heavy atom. The standard InChI is InChI=1S/C9H19OSi/c1-4-9(11(2)3)7-5-6-8-10-9/h11H,1,4-8H2,2-3H3. The summed E-state index contributed by atoms with van der Waals surface area (Å²) in [5.41, 5.74) is 0. The monoisotopic (exact) mass is 171 g/mol. The minimum absolute atomic E-state index is 0.248. The van der Waals surface area contributed by atoms with Gasteiger partial charge in [-0.05, 0) is 25.7 Å². The first-order valence-corrected chi connectivity index (χ1v) is 7.53. The predicted molar refractivity (Wildman–Crippen MR) is 51.4 cm³/mol. The summed E-state index contributed by atoms with van der Waals surface area (Å²) in [7, 11) is -0.672. The molecule has 1 aliphatic heterocycles. The molecular weight excluding hydrogens is 152 g/mol. The third-order valence-corrected chi connectivity index (χ3v) is 5.71. The average molecular weight is 171 g/mol. The van der Waals surface area contributed by atoms with Crippen LogP contribution >= 0.6 is 0 Å². The second-order valence-corrected chi connectivity index (χ2v) is 7.14. The van der Waals surface area contributed by atoms with Gasteiger partial charge in [-0.3, -0.25) is 0 Å². The molecule has 1 fully saturated rings. The maximum atomic E-state index is 5.88. The summed E-state index contributed by atoms with van der Waals surface area (Å²) in [4.78, 5) is 0. The van der Waals surface area contributed by atoms with Gasteiger partial charge in [-0.25, -0.2) is 0 Å². The van der Waals surface area contributed by atoms with Gasteiger partial charge >= 0.3 is 0 Å². The second kappa shape index (κ2) is 3.72. The fourth-order valence-electron chi connectivity index (χ4n) is 1.82. The van der Waals surface area contributed by atoms with Crippen LogP contribution in [0, 0.1) is 6.92 Å². The summed E-state index contributed by atoms with van der Waals surface area (Å²) in [5, 5.41) is 0.248. The zero-order chi connectivity index (χ0) is 8.32. The Hall–Kier alpha value is 0.177. The number of hydrogen-bond acceptors (Lipinski definition) is 1. The van der Waals surface area contributed by atoms with E-state index in [1.54, 1.807) is 0 Å². The Balaban J connectivity index is 2.57. The van der Waals surface area contributed by atoms with Crippen molar-refractivity contribution in [3.63, 3.8) is 0 Å². The maximum Gasteiger partial charge on any atom is 0.0695 e. The molecule has 1 heterocycles. The lowest BCUT2D eigenvalue weighted by Gasteiger charge is -2.39. The van der Waals surface area contributed by atoms with Gasteiger partial charge in [-0.2, -0.15) is 0 Å². The van der Waals surface area contributed by atoms with Crippen molar-refractivity contribution in [3.8, 4) is 0 Å². The predicted octanol–water partition coefficient (Wildman–Crippen LogP) is 2.18. The first kappa shape index (κ1) is 9.27. The number of rotatable bonds is 2. The summed E-state index contributed by atoms with van der Waals surface area (Å²) in [6.07, 6.45) is 4.85. The van der Waals surface area contributed by atoms with Gasteiger partial charge in [-0.15, -0.1) is 0 Å². The fraction of sp³-hybridized carbons (Fsp3) is 0.889. The minimum Gasteiger partial charge on any atom is -0.379 e. The van der Waals surface area contributed by atoms with Crippen molar-refractivity contribution < 1.29 is 4.74 Å². The van der Waals surface area contributed by atoms with Crippen molar-refractivity contribution >= 4 is 8.80 Å². The van der Waals surface area contributed by atoms with Gasteiger partial charge in [0, 0.05) is 6.61 Å². The molecule has 1 aliphatic rings. The van der Waals surface area contributed by atoms with E-state index in [9.17, 15) is 0 Å². The van der Waals surface area contributed by atoms with Crippen LogP contribution in [0.2, 0.25) is 13.1 Å². The number of hydrogen-bond donors (Lipinski definition) is 0. The molecule has 0 aromatic rings. The summed E-state index contributed by atoms with van der Waals surface area (Å²) in [5.74, 6) is 0. The largest absolute Gasteiger partial charge is 0.379 e. The quantitative estimate of drug-likeness (QED) is 0.579. The fourth-order valence-corrected chi connectivity index (χ4v) is 3.63. The Bertz CT molecular complexity index is 117. The first-order chi connectivity index (χ1) is 5.21. The Kier molecular flexibility index (Phi) is 3.13. The Labute approximate surface area is 71.7 Å². The molecule has 0 N–H and O–H groups in total. The minimum atomic E-state index is -0.672. The molecule has 1 saturated heterocycles. The van der Waals surface area contributed by atoms with E-state index >= 15 is 0 Å². The third kappa shape index (κ3) is 1.85. The van der Waals surface area contributed by atoms with E-state index in [0.717, 1.165) is 13.0 Å². The summed E-state index contributed by atoms with van der Waals surface area (Å²) >= 11 is 0. The maximum absolute atomic E-state index is 5.88. The lowest BCUT2D eigenvalue weighted by atomic mass is 10.1. The van der Waals surface area contributed by atoms with E-state index in [-0.39, 0.29) is 5.22 Å². The molecule has 2 heteroatoms. The van der Waals surface area contributed by atoms with Crippen LogP contribution in [-0.2, 0) is 4.74 Å². The van der Waals surface area contributed by atoms with E-state index in [4.69, 9.17) is 4.74 Å². The van der Waals surface area contributed by atoms with Gasteiger partial charge in [0.05, 0.1) is 14.0 Å². The van der Waals surface area contributed by atoms with Crippen LogP contribution in [0.25, 0.3) is 0 Å². The molecule has 0 aromatic carbocycles. The van der Waals surface area contributed by atoms with Crippen LogP contribution in [0.4, 0.5) is 0 Å². The molecule has 0 amide bonds. The molecule has 1 rings (SSSR count). The molecule has 1 radical (unpaired) electrons. The van der Waals surface area contributed by atoms with Gasteiger partial charge < -0.3 is 4.74 Å². The molecule has 1 nitrogen and oxygen atoms in total. The normalized spacial score (nSPS) is 32.7. The number of ether oxygens (including phenoxy) is 1. The Morgan fingerprint density at radius 3 is 2.45 bits per heavy atom. The molecule has 1 atom stereocenters. The Morgan fingerprint density at radius 1 is 1.45 bits per heavy atom. The summed E-state index contributed by atoms with van der Waals surface area (Å²) < 4.78 is 5.88. The van der Waals surface area contributed by atoms with Crippen molar-refractivity contribution in [1.82, 2.24) is 0 Å². The van der Waals surface area contributed by atoms with Gasteiger partial charge in [0.25, 0.3) is 0 Å². The van der Waals surface area contributed by atoms with Gasteiger partial charge in [0.15, 0.2) is 0 Å². The molecule has 0 spiro atoms. The van der Waals surface area contributed by atoms with Crippen LogP contribution in [0.15, 0.2) is 0 Å².